The number of hydrogen-bond acceptors (Lipinski definition) is 21. The number of carbonyl (C=O) groups is 3. The highest BCUT2D eigenvalue weighted by atomic mass is 32.2. The number of nitrogens with one attached hydrogen (secondary N) is 2. The SMILES string of the molecule is CCCN(OCC)C(=O)C1=Cc2sc(CNS(=O)(=O)NC(=O)OCCOCCOCCOCCOCCOCCOCCOCCOCCOCCOCCC(=O)OC(C)(C)C)cc2N=C(N)C1. The van der Waals surface area contributed by atoms with Crippen molar-refractivity contribution in [2.75, 3.05) is 152 Å². The molecule has 2 amide bonds. The monoisotopic (exact) mass is 1010 g/mol. The van der Waals surface area contributed by atoms with Crippen LogP contribution in [0.5, 0.6) is 0 Å². The van der Waals surface area contributed by atoms with Crippen LogP contribution in [0.2, 0.25) is 0 Å². The molecule has 68 heavy (non-hydrogen) atoms. The molecule has 1 aliphatic heterocycles. The van der Waals surface area contributed by atoms with E-state index in [4.69, 9.17) is 67.4 Å². The lowest BCUT2D eigenvalue weighted by molar-refractivity contribution is -0.180. The Morgan fingerprint density at radius 3 is 1.57 bits per heavy atom. The van der Waals surface area contributed by atoms with Crippen LogP contribution in [-0.2, 0) is 88.0 Å². The first kappa shape index (κ1) is 60.7. The van der Waals surface area contributed by atoms with Crippen LogP contribution in [-0.4, -0.2) is 195 Å². The first-order valence-corrected chi connectivity index (χ1v) is 25.1. The minimum atomic E-state index is -4.26. The number of hydroxylamine groups is 2. The van der Waals surface area contributed by atoms with E-state index < -0.39 is 21.9 Å². The molecule has 2 rings (SSSR count). The molecule has 0 spiro atoms. The minimum absolute atomic E-state index is 0.0314. The van der Waals surface area contributed by atoms with Crippen LogP contribution in [0.3, 0.4) is 0 Å². The first-order chi connectivity index (χ1) is 32.7. The summed E-state index contributed by atoms with van der Waals surface area (Å²) in [5, 5.41) is 1.30. The van der Waals surface area contributed by atoms with Gasteiger partial charge in [-0.05, 0) is 46.3 Å². The van der Waals surface area contributed by atoms with E-state index in [1.165, 1.54) is 16.4 Å². The second-order valence-electron chi connectivity index (χ2n) is 15.3. The summed E-state index contributed by atoms with van der Waals surface area (Å²) in [7, 11) is -4.26. The quantitative estimate of drug-likeness (QED) is 0.0483. The van der Waals surface area contributed by atoms with Gasteiger partial charge < -0.3 is 62.6 Å². The number of amides is 2. The Hall–Kier alpha value is -3.41. The summed E-state index contributed by atoms with van der Waals surface area (Å²) in [4.78, 5) is 47.9. The van der Waals surface area contributed by atoms with Gasteiger partial charge in [-0.1, -0.05) is 6.92 Å². The molecule has 2 heterocycles. The number of amidine groups is 1. The summed E-state index contributed by atoms with van der Waals surface area (Å²) in [5.74, 6) is -0.362. The molecule has 0 atom stereocenters. The largest absolute Gasteiger partial charge is 0.460 e. The Morgan fingerprint density at radius 1 is 0.706 bits per heavy atom. The Morgan fingerprint density at radius 2 is 1.15 bits per heavy atom. The molecular formula is C43H75N5O18S2. The third kappa shape index (κ3) is 31.7. The van der Waals surface area contributed by atoms with Gasteiger partial charge in [-0.25, -0.2) is 19.6 Å². The highest BCUT2D eigenvalue weighted by Crippen LogP contribution is 2.35. The number of nitrogens with two attached hydrogens (primary N) is 1. The third-order valence-electron chi connectivity index (χ3n) is 8.28. The summed E-state index contributed by atoms with van der Waals surface area (Å²) in [6, 6.07) is 1.66. The number of fused-ring (bicyclic) bond motifs is 1. The van der Waals surface area contributed by atoms with E-state index in [0.29, 0.717) is 153 Å². The van der Waals surface area contributed by atoms with Crippen molar-refractivity contribution in [2.45, 2.75) is 66.0 Å². The number of ether oxygens (including phenoxy) is 12. The third-order valence-corrected chi connectivity index (χ3v) is 10.3. The first-order valence-electron chi connectivity index (χ1n) is 22.8. The smallest absolute Gasteiger partial charge is 0.421 e. The Labute approximate surface area is 405 Å². The van der Waals surface area contributed by atoms with Gasteiger partial charge in [-0.15, -0.1) is 11.3 Å². The van der Waals surface area contributed by atoms with Crippen molar-refractivity contribution in [3.63, 3.8) is 0 Å². The zero-order valence-corrected chi connectivity index (χ0v) is 42.0. The number of aliphatic imine (C=N–C) groups is 1. The molecule has 0 aliphatic carbocycles. The van der Waals surface area contributed by atoms with Crippen LogP contribution < -0.4 is 15.2 Å². The van der Waals surface area contributed by atoms with Gasteiger partial charge in [0, 0.05) is 30.0 Å². The van der Waals surface area contributed by atoms with E-state index >= 15 is 0 Å². The van der Waals surface area contributed by atoms with Crippen LogP contribution >= 0.6 is 11.3 Å². The molecule has 0 bridgehead atoms. The summed E-state index contributed by atoms with van der Waals surface area (Å²) >= 11 is 1.23. The molecule has 1 aromatic rings. The number of carbonyl (C=O) groups excluding carboxylic acids is 3. The summed E-state index contributed by atoms with van der Waals surface area (Å²) in [6.07, 6.45) is 1.58. The van der Waals surface area contributed by atoms with Gasteiger partial charge in [0.1, 0.15) is 18.0 Å². The number of hydrogen-bond donors (Lipinski definition) is 3. The Balaban J connectivity index is 1.33. The molecule has 23 nitrogen and oxygen atoms in total. The highest BCUT2D eigenvalue weighted by molar-refractivity contribution is 7.88. The molecule has 1 aliphatic rings. The second-order valence-corrected chi connectivity index (χ2v) is 17.9. The van der Waals surface area contributed by atoms with Gasteiger partial charge in [0.2, 0.25) is 0 Å². The molecule has 0 unspecified atom stereocenters. The lowest BCUT2D eigenvalue weighted by Crippen LogP contribution is -2.40. The van der Waals surface area contributed by atoms with Crippen molar-refractivity contribution >= 4 is 57.1 Å². The Kier molecular flexibility index (Phi) is 33.4. The van der Waals surface area contributed by atoms with Crippen molar-refractivity contribution in [3.8, 4) is 0 Å². The maximum Gasteiger partial charge on any atom is 0.421 e. The van der Waals surface area contributed by atoms with Crippen LogP contribution in [0.1, 0.15) is 63.6 Å². The van der Waals surface area contributed by atoms with Crippen molar-refractivity contribution in [3.05, 3.63) is 21.4 Å². The number of thiophene rings is 1. The molecule has 1 aromatic heterocycles. The average molecular weight is 1010 g/mol. The summed E-state index contributed by atoms with van der Waals surface area (Å²) in [5.41, 5.74) is 6.49. The van der Waals surface area contributed by atoms with Crippen molar-refractivity contribution < 1.29 is 84.5 Å². The summed E-state index contributed by atoms with van der Waals surface area (Å²) < 4.78 is 93.6. The molecule has 0 saturated carbocycles. The van der Waals surface area contributed by atoms with Gasteiger partial charge in [-0.2, -0.15) is 13.1 Å². The molecule has 25 heteroatoms. The molecule has 392 valence electrons. The van der Waals surface area contributed by atoms with Crippen LogP contribution in [0.4, 0.5) is 10.5 Å². The maximum atomic E-state index is 13.1. The molecule has 0 saturated heterocycles. The highest BCUT2D eigenvalue weighted by Gasteiger charge is 2.24. The fourth-order valence-electron chi connectivity index (χ4n) is 5.37. The van der Waals surface area contributed by atoms with Gasteiger partial charge in [0.15, 0.2) is 0 Å². The second kappa shape index (κ2) is 37.4. The van der Waals surface area contributed by atoms with Crippen molar-refractivity contribution in [2.24, 2.45) is 10.7 Å². The Bertz CT molecular complexity index is 1700. The van der Waals surface area contributed by atoms with Gasteiger partial charge in [0.05, 0.1) is 156 Å². The van der Waals surface area contributed by atoms with Crippen molar-refractivity contribution in [1.29, 1.82) is 0 Å². The number of esters is 1. The standard InChI is InChI=1S/C43H75N5O18S2/c1-6-9-48(65-7-2)41(50)35-31-38-37(46-39(44)32-35)33-36(67-38)34-45-68(52,53)47-42(51)64-30-29-63-28-27-62-26-25-61-24-23-60-22-21-59-20-19-58-18-17-57-16-15-56-14-13-55-12-11-54-10-8-40(49)66-43(3,4)5/h31,33,45H,6-30,32,34H2,1-5H3,(H2,44,46)(H,47,51). The normalized spacial score (nSPS) is 12.8. The summed E-state index contributed by atoms with van der Waals surface area (Å²) in [6.45, 7) is 17.3. The predicted octanol–water partition coefficient (Wildman–Crippen LogP) is 2.67. The topological polar surface area (TPSA) is 271 Å². The van der Waals surface area contributed by atoms with E-state index in [0.717, 1.165) is 0 Å². The molecule has 4 N–H and O–H groups in total. The zero-order valence-electron chi connectivity index (χ0n) is 40.4. The fourth-order valence-corrected chi connectivity index (χ4v) is 7.16. The fraction of sp³-hybridized carbons (Fsp3) is 0.767. The zero-order chi connectivity index (χ0) is 49.7. The van der Waals surface area contributed by atoms with Gasteiger partial charge in [0.25, 0.3) is 5.91 Å². The molecule has 0 radical (unpaired) electrons. The lowest BCUT2D eigenvalue weighted by atomic mass is 10.1. The van der Waals surface area contributed by atoms with Crippen LogP contribution in [0, 0.1) is 0 Å². The van der Waals surface area contributed by atoms with Crippen LogP contribution in [0.15, 0.2) is 16.6 Å². The maximum absolute atomic E-state index is 13.1. The molecule has 0 aromatic carbocycles. The van der Waals surface area contributed by atoms with Gasteiger partial charge >= 0.3 is 22.3 Å². The predicted molar refractivity (Wildman–Crippen MR) is 251 cm³/mol. The van der Waals surface area contributed by atoms with E-state index in [2.05, 4.69) is 9.71 Å². The minimum Gasteiger partial charge on any atom is -0.460 e. The molecule has 0 fully saturated rings. The van der Waals surface area contributed by atoms with Crippen LogP contribution in [0.25, 0.3) is 6.08 Å². The number of rotatable bonds is 42. The van der Waals surface area contributed by atoms with E-state index in [1.807, 2.05) is 27.7 Å². The van der Waals surface area contributed by atoms with Gasteiger partial charge in [-0.3, -0.25) is 14.4 Å². The average Bonchev–Trinajstić information content (AvgIpc) is 3.58. The van der Waals surface area contributed by atoms with E-state index in [1.54, 1.807) is 23.8 Å². The number of nitrogens with zero attached hydrogens (tertiary/aromatic N) is 2. The molecular weight excluding hydrogens is 939 g/mol. The van der Waals surface area contributed by atoms with Crippen molar-refractivity contribution in [1.82, 2.24) is 14.5 Å². The van der Waals surface area contributed by atoms with E-state index in [9.17, 15) is 22.8 Å². The van der Waals surface area contributed by atoms with E-state index in [-0.39, 0.29) is 63.5 Å². The lowest BCUT2D eigenvalue weighted by Gasteiger charge is -2.21.